The quantitative estimate of drug-likeness (QED) is 0.525. The van der Waals surface area contributed by atoms with Gasteiger partial charge in [-0.25, -0.2) is 4.98 Å². The molecule has 2 N–H and O–H groups in total. The lowest BCUT2D eigenvalue weighted by Gasteiger charge is -2.33. The van der Waals surface area contributed by atoms with Crippen LogP contribution in [0.4, 0.5) is 0 Å². The first kappa shape index (κ1) is 30.8. The van der Waals surface area contributed by atoms with E-state index < -0.39 is 12.1 Å². The van der Waals surface area contributed by atoms with E-state index in [1.807, 2.05) is 99.0 Å². The van der Waals surface area contributed by atoms with Gasteiger partial charge in [0.1, 0.15) is 6.04 Å². The number of β-amino-alcohol motifs (C(OH)–C–C–N with tert-alkyl or cyclic N) is 1. The number of rotatable bonds is 5. The van der Waals surface area contributed by atoms with E-state index in [0.29, 0.717) is 0 Å². The molecule has 0 unspecified atom stereocenters. The van der Waals surface area contributed by atoms with Gasteiger partial charge in [0, 0.05) is 18.9 Å². The first-order valence-corrected chi connectivity index (χ1v) is 13.7. The van der Waals surface area contributed by atoms with Gasteiger partial charge in [-0.3, -0.25) is 9.59 Å². The van der Waals surface area contributed by atoms with E-state index in [2.05, 4.69) is 10.3 Å². The van der Waals surface area contributed by atoms with Crippen molar-refractivity contribution in [2.75, 3.05) is 6.54 Å². The Morgan fingerprint density at radius 2 is 1.69 bits per heavy atom. The van der Waals surface area contributed by atoms with Crippen molar-refractivity contribution >= 4 is 23.2 Å². The van der Waals surface area contributed by atoms with Crippen LogP contribution in [0.15, 0.2) is 29.8 Å². The number of likely N-dealkylation sites (tertiary alicyclic amines) is 1. The number of thiazole rings is 1. The lowest BCUT2D eigenvalue weighted by molar-refractivity contribution is -0.144. The molecule has 1 saturated heterocycles. The van der Waals surface area contributed by atoms with E-state index in [0.717, 1.165) is 21.7 Å². The Kier molecular flexibility index (Phi) is 12.1. The van der Waals surface area contributed by atoms with Crippen LogP contribution in [0.2, 0.25) is 0 Å². The first-order valence-electron chi connectivity index (χ1n) is 12.8. The van der Waals surface area contributed by atoms with E-state index >= 15 is 0 Å². The molecule has 1 aliphatic heterocycles. The normalized spacial score (nSPS) is 19.0. The summed E-state index contributed by atoms with van der Waals surface area (Å²) in [7, 11) is 0. The lowest BCUT2D eigenvalue weighted by atomic mass is 9.81. The molecule has 0 radical (unpaired) electrons. The SMILES string of the molecule is CC.CC.Cc1ncsc1-c1ccc([C@H](C)NC(=O)[C@@H]2C[C@@H](O)CN2C(=O)[C@@H](C)C(C)(C)C)cc1. The van der Waals surface area contributed by atoms with Crippen LogP contribution in [-0.4, -0.2) is 45.5 Å². The van der Waals surface area contributed by atoms with Crippen LogP contribution in [0.3, 0.4) is 0 Å². The summed E-state index contributed by atoms with van der Waals surface area (Å²) < 4.78 is 0. The molecule has 0 spiro atoms. The average Bonchev–Trinajstić information content (AvgIpc) is 3.45. The molecule has 7 heteroatoms. The van der Waals surface area contributed by atoms with Gasteiger partial charge >= 0.3 is 0 Å². The molecule has 0 aliphatic carbocycles. The van der Waals surface area contributed by atoms with E-state index in [1.54, 1.807) is 16.2 Å². The van der Waals surface area contributed by atoms with Crippen molar-refractivity contribution in [2.45, 2.75) is 93.8 Å². The number of hydrogen-bond acceptors (Lipinski definition) is 5. The molecule has 2 aromatic rings. The maximum atomic E-state index is 13.0. The minimum Gasteiger partial charge on any atom is -0.391 e. The van der Waals surface area contributed by atoms with E-state index in [-0.39, 0.29) is 42.2 Å². The zero-order valence-electron chi connectivity index (χ0n) is 23.2. The molecular formula is C28H45N3O3S. The number of nitrogens with one attached hydrogen (secondary N) is 1. The minimum atomic E-state index is -0.677. The number of aromatic nitrogens is 1. The summed E-state index contributed by atoms with van der Waals surface area (Å²) in [6.45, 7) is 20.0. The average molecular weight is 504 g/mol. The fourth-order valence-electron chi connectivity index (χ4n) is 3.82. The van der Waals surface area contributed by atoms with Crippen LogP contribution in [0, 0.1) is 18.3 Å². The molecule has 35 heavy (non-hydrogen) atoms. The number of carbonyl (C=O) groups is 2. The number of aliphatic hydroxyl groups is 1. The Morgan fingerprint density at radius 1 is 1.11 bits per heavy atom. The van der Waals surface area contributed by atoms with Crippen molar-refractivity contribution in [3.8, 4) is 10.4 Å². The van der Waals surface area contributed by atoms with Gasteiger partial charge in [0.15, 0.2) is 0 Å². The molecule has 196 valence electrons. The fourth-order valence-corrected chi connectivity index (χ4v) is 4.63. The van der Waals surface area contributed by atoms with Gasteiger partial charge in [0.05, 0.1) is 28.2 Å². The van der Waals surface area contributed by atoms with Gasteiger partial charge in [-0.15, -0.1) is 11.3 Å². The maximum Gasteiger partial charge on any atom is 0.243 e. The monoisotopic (exact) mass is 503 g/mol. The summed E-state index contributed by atoms with van der Waals surface area (Å²) in [5.41, 5.74) is 4.73. The van der Waals surface area contributed by atoms with Gasteiger partial charge in [-0.05, 0) is 30.4 Å². The van der Waals surface area contributed by atoms with Crippen molar-refractivity contribution in [3.63, 3.8) is 0 Å². The second kappa shape index (κ2) is 13.7. The first-order chi connectivity index (χ1) is 16.5. The topological polar surface area (TPSA) is 82.5 Å². The molecule has 6 nitrogen and oxygen atoms in total. The molecule has 1 aromatic heterocycles. The molecule has 2 heterocycles. The number of aliphatic hydroxyl groups excluding tert-OH is 1. The molecule has 1 aliphatic rings. The van der Waals surface area contributed by atoms with Crippen molar-refractivity contribution in [3.05, 3.63) is 41.0 Å². The Morgan fingerprint density at radius 3 is 2.17 bits per heavy atom. The number of benzene rings is 1. The van der Waals surface area contributed by atoms with Crippen molar-refractivity contribution in [1.29, 1.82) is 0 Å². The van der Waals surface area contributed by atoms with Crippen LogP contribution in [0.1, 0.15) is 86.0 Å². The Bertz CT molecular complexity index is 934. The summed E-state index contributed by atoms with van der Waals surface area (Å²) in [6, 6.07) is 7.24. The molecule has 4 atom stereocenters. The highest BCUT2D eigenvalue weighted by Crippen LogP contribution is 2.31. The van der Waals surface area contributed by atoms with Gasteiger partial charge in [0.25, 0.3) is 0 Å². The van der Waals surface area contributed by atoms with Gasteiger partial charge in [-0.2, -0.15) is 0 Å². The van der Waals surface area contributed by atoms with Gasteiger partial charge < -0.3 is 15.3 Å². The molecule has 2 amide bonds. The summed E-state index contributed by atoms with van der Waals surface area (Å²) >= 11 is 1.61. The predicted molar refractivity (Wildman–Crippen MR) is 146 cm³/mol. The summed E-state index contributed by atoms with van der Waals surface area (Å²) in [5.74, 6) is -0.546. The number of amides is 2. The lowest BCUT2D eigenvalue weighted by Crippen LogP contribution is -2.49. The summed E-state index contributed by atoms with van der Waals surface area (Å²) in [4.78, 5) is 33.0. The second-order valence-corrected chi connectivity index (χ2v) is 10.5. The number of nitrogens with zero attached hydrogens (tertiary/aromatic N) is 2. The highest BCUT2D eigenvalue weighted by atomic mass is 32.1. The van der Waals surface area contributed by atoms with Crippen LogP contribution in [0.25, 0.3) is 10.4 Å². The number of aryl methyl sites for hydroxylation is 1. The van der Waals surface area contributed by atoms with Crippen LogP contribution in [-0.2, 0) is 9.59 Å². The highest BCUT2D eigenvalue weighted by Gasteiger charge is 2.42. The van der Waals surface area contributed by atoms with E-state index in [9.17, 15) is 14.7 Å². The van der Waals surface area contributed by atoms with Crippen molar-refractivity contribution < 1.29 is 14.7 Å². The molecule has 0 saturated carbocycles. The third kappa shape index (κ3) is 7.87. The third-order valence-corrected chi connectivity index (χ3v) is 7.29. The highest BCUT2D eigenvalue weighted by molar-refractivity contribution is 7.13. The van der Waals surface area contributed by atoms with Crippen molar-refractivity contribution in [1.82, 2.24) is 15.2 Å². The zero-order valence-corrected chi connectivity index (χ0v) is 24.0. The summed E-state index contributed by atoms with van der Waals surface area (Å²) in [6.07, 6.45) is -0.408. The Balaban J connectivity index is 0.00000145. The molecule has 1 aromatic carbocycles. The Hall–Kier alpha value is -2.25. The molecule has 1 fully saturated rings. The molecular weight excluding hydrogens is 458 g/mol. The van der Waals surface area contributed by atoms with E-state index in [1.165, 1.54) is 0 Å². The van der Waals surface area contributed by atoms with Crippen LogP contribution < -0.4 is 5.32 Å². The van der Waals surface area contributed by atoms with Gasteiger partial charge in [0.2, 0.25) is 11.8 Å². The largest absolute Gasteiger partial charge is 0.391 e. The smallest absolute Gasteiger partial charge is 0.243 e. The maximum absolute atomic E-state index is 13.0. The van der Waals surface area contributed by atoms with Crippen molar-refractivity contribution in [2.24, 2.45) is 11.3 Å². The zero-order chi connectivity index (χ0) is 26.9. The van der Waals surface area contributed by atoms with E-state index in [4.69, 9.17) is 0 Å². The predicted octanol–water partition coefficient (Wildman–Crippen LogP) is 5.99. The Labute approximate surface area is 216 Å². The molecule has 0 bridgehead atoms. The van der Waals surface area contributed by atoms with Crippen LogP contribution >= 0.6 is 11.3 Å². The second-order valence-electron chi connectivity index (χ2n) is 9.60. The number of carbonyl (C=O) groups excluding carboxylic acids is 2. The fraction of sp³-hybridized carbons (Fsp3) is 0.607. The minimum absolute atomic E-state index is 0.0823. The summed E-state index contributed by atoms with van der Waals surface area (Å²) in [5, 5.41) is 13.2. The standard InChI is InChI=1S/C24H33N3O3S.2C2H6/c1-14(24(4,5)6)23(30)27-12-19(28)11-20(27)22(29)26-15(2)17-7-9-18(10-8-17)21-16(3)25-13-31-21;2*1-2/h7-10,13-15,19-20,28H,11-12H2,1-6H3,(H,26,29);2*1-2H3/t14-,15+,19-,20+;;/m1../s1. The van der Waals surface area contributed by atoms with Gasteiger partial charge in [-0.1, -0.05) is 79.7 Å². The molecule has 3 rings (SSSR count). The number of hydrogen-bond donors (Lipinski definition) is 2. The third-order valence-electron chi connectivity index (χ3n) is 6.31. The van der Waals surface area contributed by atoms with Crippen LogP contribution in [0.5, 0.6) is 0 Å².